The molecule has 2 heteroatoms. The summed E-state index contributed by atoms with van der Waals surface area (Å²) in [5.74, 6) is 0. The van der Waals surface area contributed by atoms with Crippen LogP contribution in [-0.2, 0) is 12.0 Å². The van der Waals surface area contributed by atoms with E-state index in [1.165, 1.54) is 16.8 Å². The molecule has 3 rings (SSSR count). The summed E-state index contributed by atoms with van der Waals surface area (Å²) >= 11 is 0. The van der Waals surface area contributed by atoms with Gasteiger partial charge in [0.15, 0.2) is 0 Å². The molecule has 1 aliphatic heterocycles. The van der Waals surface area contributed by atoms with E-state index in [2.05, 4.69) is 85.2 Å². The van der Waals surface area contributed by atoms with Crippen molar-refractivity contribution in [2.75, 3.05) is 31.1 Å². The van der Waals surface area contributed by atoms with Gasteiger partial charge < -0.3 is 4.90 Å². The Balaban J connectivity index is 1.66. The van der Waals surface area contributed by atoms with Crippen molar-refractivity contribution in [3.63, 3.8) is 0 Å². The molecule has 0 amide bonds. The largest absolute Gasteiger partial charge is 0.369 e. The second kappa shape index (κ2) is 6.76. The Kier molecular flexibility index (Phi) is 4.72. The zero-order valence-electron chi connectivity index (χ0n) is 14.6. The fourth-order valence-electron chi connectivity index (χ4n) is 3.37. The summed E-state index contributed by atoms with van der Waals surface area (Å²) in [4.78, 5) is 5.12. The standard InChI is InChI=1S/C21H28N2/c1-21(2,3)19-11-7-8-12-20(19)23-15-13-22(14-16-23)17-18-9-5-4-6-10-18/h4-12H,13-17H2,1-3H3. The van der Waals surface area contributed by atoms with Gasteiger partial charge in [-0.1, -0.05) is 69.3 Å². The quantitative estimate of drug-likeness (QED) is 0.834. The molecule has 0 spiro atoms. The van der Waals surface area contributed by atoms with Crippen molar-refractivity contribution in [2.24, 2.45) is 0 Å². The Morgan fingerprint density at radius 1 is 0.783 bits per heavy atom. The minimum atomic E-state index is 0.192. The van der Waals surface area contributed by atoms with Gasteiger partial charge in [-0.15, -0.1) is 0 Å². The summed E-state index contributed by atoms with van der Waals surface area (Å²) in [6.45, 7) is 12.5. The zero-order chi connectivity index (χ0) is 16.3. The normalized spacial score (nSPS) is 16.6. The predicted molar refractivity (Wildman–Crippen MR) is 99.1 cm³/mol. The lowest BCUT2D eigenvalue weighted by Gasteiger charge is -2.38. The van der Waals surface area contributed by atoms with Crippen molar-refractivity contribution >= 4 is 5.69 Å². The van der Waals surface area contributed by atoms with Crippen molar-refractivity contribution in [1.29, 1.82) is 0 Å². The number of hydrogen-bond acceptors (Lipinski definition) is 2. The molecule has 0 atom stereocenters. The third-order valence-electron chi connectivity index (χ3n) is 4.67. The third kappa shape index (κ3) is 3.94. The van der Waals surface area contributed by atoms with Crippen LogP contribution < -0.4 is 4.90 Å². The first-order valence-electron chi connectivity index (χ1n) is 8.65. The highest BCUT2D eigenvalue weighted by atomic mass is 15.3. The van der Waals surface area contributed by atoms with E-state index >= 15 is 0 Å². The lowest BCUT2D eigenvalue weighted by atomic mass is 9.85. The van der Waals surface area contributed by atoms with Gasteiger partial charge in [0, 0.05) is 38.4 Å². The molecule has 0 saturated carbocycles. The van der Waals surface area contributed by atoms with E-state index < -0.39 is 0 Å². The van der Waals surface area contributed by atoms with Crippen molar-refractivity contribution in [1.82, 2.24) is 4.90 Å². The van der Waals surface area contributed by atoms with E-state index in [1.807, 2.05) is 0 Å². The number of para-hydroxylation sites is 1. The van der Waals surface area contributed by atoms with E-state index in [0.717, 1.165) is 32.7 Å². The third-order valence-corrected chi connectivity index (χ3v) is 4.67. The molecule has 1 saturated heterocycles. The molecule has 23 heavy (non-hydrogen) atoms. The van der Waals surface area contributed by atoms with Crippen LogP contribution in [-0.4, -0.2) is 31.1 Å². The van der Waals surface area contributed by atoms with E-state index in [1.54, 1.807) is 0 Å². The number of anilines is 1. The van der Waals surface area contributed by atoms with Crippen molar-refractivity contribution in [3.8, 4) is 0 Å². The summed E-state index contributed by atoms with van der Waals surface area (Å²) in [6, 6.07) is 19.7. The number of piperazine rings is 1. The van der Waals surface area contributed by atoms with E-state index in [-0.39, 0.29) is 5.41 Å². The molecule has 0 bridgehead atoms. The van der Waals surface area contributed by atoms with Gasteiger partial charge in [-0.05, 0) is 22.6 Å². The van der Waals surface area contributed by atoms with Gasteiger partial charge in [-0.25, -0.2) is 0 Å². The van der Waals surface area contributed by atoms with Crippen LogP contribution >= 0.6 is 0 Å². The van der Waals surface area contributed by atoms with E-state index in [0.29, 0.717) is 0 Å². The molecule has 2 aromatic carbocycles. The van der Waals surface area contributed by atoms with Gasteiger partial charge in [0.05, 0.1) is 0 Å². The second-order valence-electron chi connectivity index (χ2n) is 7.52. The van der Waals surface area contributed by atoms with Crippen molar-refractivity contribution in [2.45, 2.75) is 32.7 Å². The highest BCUT2D eigenvalue weighted by Crippen LogP contribution is 2.32. The first-order valence-corrected chi connectivity index (χ1v) is 8.65. The van der Waals surface area contributed by atoms with Crippen LogP contribution in [0.5, 0.6) is 0 Å². The molecular formula is C21H28N2. The van der Waals surface area contributed by atoms with E-state index in [9.17, 15) is 0 Å². The van der Waals surface area contributed by atoms with Gasteiger partial charge in [0.2, 0.25) is 0 Å². The average Bonchev–Trinajstić information content (AvgIpc) is 2.56. The van der Waals surface area contributed by atoms with Crippen LogP contribution in [0.25, 0.3) is 0 Å². The molecule has 0 aliphatic carbocycles. The SMILES string of the molecule is CC(C)(C)c1ccccc1N1CCN(Cc2ccccc2)CC1. The van der Waals surface area contributed by atoms with Gasteiger partial charge in [0.1, 0.15) is 0 Å². The first kappa shape index (κ1) is 16.1. The van der Waals surface area contributed by atoms with Crippen LogP contribution in [0.4, 0.5) is 5.69 Å². The lowest BCUT2D eigenvalue weighted by molar-refractivity contribution is 0.249. The van der Waals surface area contributed by atoms with Crippen LogP contribution in [0.3, 0.4) is 0 Å². The monoisotopic (exact) mass is 308 g/mol. The van der Waals surface area contributed by atoms with Crippen molar-refractivity contribution < 1.29 is 0 Å². The minimum Gasteiger partial charge on any atom is -0.369 e. The topological polar surface area (TPSA) is 6.48 Å². The lowest BCUT2D eigenvalue weighted by Crippen LogP contribution is -2.46. The minimum absolute atomic E-state index is 0.192. The Bertz CT molecular complexity index is 620. The molecule has 0 N–H and O–H groups in total. The fourth-order valence-corrected chi connectivity index (χ4v) is 3.37. The average molecular weight is 308 g/mol. The fraction of sp³-hybridized carbons (Fsp3) is 0.429. The summed E-state index contributed by atoms with van der Waals surface area (Å²) in [6.07, 6.45) is 0. The Hall–Kier alpha value is -1.80. The van der Waals surface area contributed by atoms with Crippen LogP contribution in [0, 0.1) is 0 Å². The maximum Gasteiger partial charge on any atom is 0.0405 e. The number of nitrogens with zero attached hydrogens (tertiary/aromatic N) is 2. The molecule has 1 fully saturated rings. The molecule has 0 aromatic heterocycles. The van der Waals surface area contributed by atoms with E-state index in [4.69, 9.17) is 0 Å². The van der Waals surface area contributed by atoms with Gasteiger partial charge in [-0.2, -0.15) is 0 Å². The first-order chi connectivity index (χ1) is 11.0. The van der Waals surface area contributed by atoms with Crippen LogP contribution in [0.2, 0.25) is 0 Å². The van der Waals surface area contributed by atoms with Crippen LogP contribution in [0.1, 0.15) is 31.9 Å². The highest BCUT2D eigenvalue weighted by Gasteiger charge is 2.23. The maximum absolute atomic E-state index is 2.56. The molecule has 2 nitrogen and oxygen atoms in total. The molecule has 1 heterocycles. The summed E-state index contributed by atoms with van der Waals surface area (Å²) in [5, 5.41) is 0. The Morgan fingerprint density at radius 3 is 2.04 bits per heavy atom. The zero-order valence-corrected chi connectivity index (χ0v) is 14.6. The summed E-state index contributed by atoms with van der Waals surface area (Å²) in [7, 11) is 0. The second-order valence-corrected chi connectivity index (χ2v) is 7.52. The molecule has 0 unspecified atom stereocenters. The Morgan fingerprint density at radius 2 is 1.39 bits per heavy atom. The number of rotatable bonds is 3. The molecule has 2 aromatic rings. The Labute approximate surface area is 140 Å². The molecule has 122 valence electrons. The van der Waals surface area contributed by atoms with Crippen LogP contribution in [0.15, 0.2) is 54.6 Å². The summed E-state index contributed by atoms with van der Waals surface area (Å²) < 4.78 is 0. The highest BCUT2D eigenvalue weighted by molar-refractivity contribution is 5.56. The van der Waals surface area contributed by atoms with Gasteiger partial charge >= 0.3 is 0 Å². The predicted octanol–water partition coefficient (Wildman–Crippen LogP) is 4.31. The number of benzene rings is 2. The summed E-state index contributed by atoms with van der Waals surface area (Å²) in [5.41, 5.74) is 4.48. The maximum atomic E-state index is 2.56. The van der Waals surface area contributed by atoms with Gasteiger partial charge in [0.25, 0.3) is 0 Å². The molecular weight excluding hydrogens is 280 g/mol. The molecule has 1 aliphatic rings. The smallest absolute Gasteiger partial charge is 0.0405 e. The van der Waals surface area contributed by atoms with Gasteiger partial charge in [-0.3, -0.25) is 4.90 Å². The van der Waals surface area contributed by atoms with Crippen molar-refractivity contribution in [3.05, 3.63) is 65.7 Å². The molecule has 0 radical (unpaired) electrons. The number of hydrogen-bond donors (Lipinski definition) is 0.